The number of nitrogens with zero attached hydrogens (tertiary/aromatic N) is 1. The summed E-state index contributed by atoms with van der Waals surface area (Å²) in [5.41, 5.74) is 6.83. The quantitative estimate of drug-likeness (QED) is 0.660. The highest BCUT2D eigenvalue weighted by atomic mass is 35.5. The van der Waals surface area contributed by atoms with Crippen molar-refractivity contribution >= 4 is 18.1 Å². The van der Waals surface area contributed by atoms with Gasteiger partial charge in [0.25, 0.3) is 0 Å². The molecule has 0 aliphatic heterocycles. The molecule has 1 atom stereocenters. The fourth-order valence-electron chi connectivity index (χ4n) is 1.93. The standard InChI is InChI=1S/C12H16N2O3.ClH/c1-17-12-5-4-9(7-11(12)14(15)16)10(13)6-8-2-3-8;/h4-5,7-8,10H,2-3,6,13H2,1H3;1H/t10-;/m0./s1. The molecule has 100 valence electrons. The van der Waals surface area contributed by atoms with Gasteiger partial charge in [0, 0.05) is 12.1 Å². The first-order chi connectivity index (χ1) is 8.11. The van der Waals surface area contributed by atoms with Crippen molar-refractivity contribution in [1.29, 1.82) is 0 Å². The van der Waals surface area contributed by atoms with Gasteiger partial charge < -0.3 is 10.5 Å². The van der Waals surface area contributed by atoms with Gasteiger partial charge in [0.15, 0.2) is 5.75 Å². The second kappa shape index (κ2) is 6.02. The molecule has 1 saturated carbocycles. The van der Waals surface area contributed by atoms with Crippen molar-refractivity contribution < 1.29 is 9.66 Å². The van der Waals surface area contributed by atoms with E-state index in [9.17, 15) is 10.1 Å². The number of ether oxygens (including phenoxy) is 1. The largest absolute Gasteiger partial charge is 0.490 e. The van der Waals surface area contributed by atoms with E-state index in [0.717, 1.165) is 12.0 Å². The van der Waals surface area contributed by atoms with Crippen LogP contribution >= 0.6 is 12.4 Å². The molecule has 2 N–H and O–H groups in total. The number of hydrogen-bond acceptors (Lipinski definition) is 4. The number of methoxy groups -OCH3 is 1. The average Bonchev–Trinajstić information content (AvgIpc) is 3.11. The zero-order valence-corrected chi connectivity index (χ0v) is 11.0. The molecule has 1 aliphatic rings. The molecule has 18 heavy (non-hydrogen) atoms. The summed E-state index contributed by atoms with van der Waals surface area (Å²) in [5.74, 6) is 0.975. The SMILES string of the molecule is COc1ccc([C@@H](N)CC2CC2)cc1[N+](=O)[O-].Cl. The third kappa shape index (κ3) is 3.34. The summed E-state index contributed by atoms with van der Waals surface area (Å²) in [4.78, 5) is 10.4. The van der Waals surface area contributed by atoms with E-state index in [1.54, 1.807) is 12.1 Å². The maximum Gasteiger partial charge on any atom is 0.311 e. The molecule has 2 rings (SSSR count). The van der Waals surface area contributed by atoms with Crippen LogP contribution in [0.15, 0.2) is 18.2 Å². The molecule has 1 aliphatic carbocycles. The molecule has 1 aromatic carbocycles. The van der Waals surface area contributed by atoms with Gasteiger partial charge >= 0.3 is 5.69 Å². The van der Waals surface area contributed by atoms with Crippen molar-refractivity contribution in [2.24, 2.45) is 11.7 Å². The van der Waals surface area contributed by atoms with Gasteiger partial charge in [0.05, 0.1) is 12.0 Å². The normalized spacial score (nSPS) is 15.7. The van der Waals surface area contributed by atoms with Gasteiger partial charge in [-0.25, -0.2) is 0 Å². The van der Waals surface area contributed by atoms with Crippen molar-refractivity contribution in [3.8, 4) is 5.75 Å². The van der Waals surface area contributed by atoms with Crippen LogP contribution in [0.1, 0.15) is 30.9 Å². The minimum absolute atomic E-state index is 0. The van der Waals surface area contributed by atoms with E-state index >= 15 is 0 Å². The molecule has 6 heteroatoms. The Hall–Kier alpha value is -1.33. The van der Waals surface area contributed by atoms with Crippen molar-refractivity contribution in [3.63, 3.8) is 0 Å². The van der Waals surface area contributed by atoms with Crippen LogP contribution in [-0.4, -0.2) is 12.0 Å². The number of nitrogens with two attached hydrogens (primary N) is 1. The highest BCUT2D eigenvalue weighted by molar-refractivity contribution is 5.85. The lowest BCUT2D eigenvalue weighted by molar-refractivity contribution is -0.385. The Bertz CT molecular complexity index is 435. The summed E-state index contributed by atoms with van der Waals surface area (Å²) < 4.78 is 4.95. The molecule has 0 saturated heterocycles. The molecule has 1 aromatic rings. The Balaban J connectivity index is 0.00000162. The number of nitro benzene ring substituents is 1. The summed E-state index contributed by atoms with van der Waals surface area (Å²) >= 11 is 0. The molecule has 0 bridgehead atoms. The first kappa shape index (κ1) is 14.7. The van der Waals surface area contributed by atoms with Gasteiger partial charge in [-0.1, -0.05) is 18.9 Å². The molecule has 0 unspecified atom stereocenters. The lowest BCUT2D eigenvalue weighted by Gasteiger charge is -2.12. The van der Waals surface area contributed by atoms with Crippen molar-refractivity contribution in [1.82, 2.24) is 0 Å². The van der Waals surface area contributed by atoms with E-state index in [1.807, 2.05) is 0 Å². The number of benzene rings is 1. The minimum Gasteiger partial charge on any atom is -0.490 e. The fraction of sp³-hybridized carbons (Fsp3) is 0.500. The highest BCUT2D eigenvalue weighted by Crippen LogP contribution is 2.38. The Kier molecular flexibility index (Phi) is 4.93. The fourth-order valence-corrected chi connectivity index (χ4v) is 1.93. The van der Waals surface area contributed by atoms with Gasteiger partial charge in [-0.15, -0.1) is 12.4 Å². The van der Waals surface area contributed by atoms with Gasteiger partial charge in [-0.3, -0.25) is 10.1 Å². The van der Waals surface area contributed by atoms with Crippen LogP contribution in [0.5, 0.6) is 5.75 Å². The molecule has 0 amide bonds. The molecular formula is C12H17ClN2O3. The monoisotopic (exact) mass is 272 g/mol. The lowest BCUT2D eigenvalue weighted by Crippen LogP contribution is -2.11. The predicted molar refractivity (Wildman–Crippen MR) is 71.2 cm³/mol. The first-order valence-corrected chi connectivity index (χ1v) is 5.69. The topological polar surface area (TPSA) is 78.4 Å². The zero-order valence-electron chi connectivity index (χ0n) is 10.2. The molecule has 0 heterocycles. The summed E-state index contributed by atoms with van der Waals surface area (Å²) in [6.45, 7) is 0. The second-order valence-corrected chi connectivity index (χ2v) is 4.47. The summed E-state index contributed by atoms with van der Waals surface area (Å²) in [6, 6.07) is 4.82. The Morgan fingerprint density at radius 2 is 2.22 bits per heavy atom. The molecule has 0 radical (unpaired) electrons. The molecule has 5 nitrogen and oxygen atoms in total. The van der Waals surface area contributed by atoms with Crippen molar-refractivity contribution in [2.45, 2.75) is 25.3 Å². The maximum atomic E-state index is 10.9. The first-order valence-electron chi connectivity index (χ1n) is 5.69. The lowest BCUT2D eigenvalue weighted by atomic mass is 10.0. The summed E-state index contributed by atoms with van der Waals surface area (Å²) in [7, 11) is 1.42. The van der Waals surface area contributed by atoms with E-state index in [4.69, 9.17) is 10.5 Å². The highest BCUT2D eigenvalue weighted by Gasteiger charge is 2.25. The van der Waals surface area contributed by atoms with E-state index in [0.29, 0.717) is 5.92 Å². The Morgan fingerprint density at radius 1 is 1.56 bits per heavy atom. The van der Waals surface area contributed by atoms with Crippen molar-refractivity contribution in [3.05, 3.63) is 33.9 Å². The van der Waals surface area contributed by atoms with Crippen LogP contribution < -0.4 is 10.5 Å². The molecule has 0 aromatic heterocycles. The van der Waals surface area contributed by atoms with Gasteiger partial charge in [-0.05, 0) is 24.0 Å². The van der Waals surface area contributed by atoms with Crippen LogP contribution in [0.2, 0.25) is 0 Å². The van der Waals surface area contributed by atoms with E-state index in [-0.39, 0.29) is 29.9 Å². The van der Waals surface area contributed by atoms with Gasteiger partial charge in [0.2, 0.25) is 0 Å². The predicted octanol–water partition coefficient (Wildman–Crippen LogP) is 2.83. The van der Waals surface area contributed by atoms with Crippen LogP contribution in [0.3, 0.4) is 0 Å². The van der Waals surface area contributed by atoms with Crippen LogP contribution in [0.4, 0.5) is 5.69 Å². The van der Waals surface area contributed by atoms with E-state index in [1.165, 1.54) is 26.0 Å². The van der Waals surface area contributed by atoms with Crippen LogP contribution in [0, 0.1) is 16.0 Å². The van der Waals surface area contributed by atoms with Gasteiger partial charge in [0.1, 0.15) is 0 Å². The third-order valence-corrected chi connectivity index (χ3v) is 3.11. The number of rotatable bonds is 5. The third-order valence-electron chi connectivity index (χ3n) is 3.11. The number of nitro groups is 1. The Labute approximate surface area is 112 Å². The van der Waals surface area contributed by atoms with Gasteiger partial charge in [-0.2, -0.15) is 0 Å². The number of halogens is 1. The zero-order chi connectivity index (χ0) is 12.4. The molecule has 1 fully saturated rings. The van der Waals surface area contributed by atoms with Crippen LogP contribution in [-0.2, 0) is 0 Å². The maximum absolute atomic E-state index is 10.9. The smallest absolute Gasteiger partial charge is 0.311 e. The summed E-state index contributed by atoms with van der Waals surface area (Å²) in [6.07, 6.45) is 3.36. The van der Waals surface area contributed by atoms with E-state index in [2.05, 4.69) is 0 Å². The minimum atomic E-state index is -0.438. The number of hydrogen-bond donors (Lipinski definition) is 1. The summed E-state index contributed by atoms with van der Waals surface area (Å²) in [5, 5.41) is 10.9. The average molecular weight is 273 g/mol. The molecular weight excluding hydrogens is 256 g/mol. The van der Waals surface area contributed by atoms with Crippen molar-refractivity contribution in [2.75, 3.05) is 7.11 Å². The second-order valence-electron chi connectivity index (χ2n) is 4.47. The molecule has 0 spiro atoms. The van der Waals surface area contributed by atoms with E-state index < -0.39 is 4.92 Å². The van der Waals surface area contributed by atoms with Crippen LogP contribution in [0.25, 0.3) is 0 Å². The Morgan fingerprint density at radius 3 is 2.72 bits per heavy atom.